The standard InChI is InChI=1S/C14H21NO3S/c1-12-5-2-3-6-14(12)19(16,17)15-9-4-10-18-11-13-7-8-13/h2-3,5-6,13,15H,4,7-11H2,1H3. The van der Waals surface area contributed by atoms with Crippen molar-refractivity contribution in [2.75, 3.05) is 19.8 Å². The van der Waals surface area contributed by atoms with Crippen LogP contribution >= 0.6 is 0 Å². The van der Waals surface area contributed by atoms with Gasteiger partial charge in [0.25, 0.3) is 0 Å². The van der Waals surface area contributed by atoms with Gasteiger partial charge in [-0.3, -0.25) is 0 Å². The lowest BCUT2D eigenvalue weighted by Crippen LogP contribution is -2.26. The topological polar surface area (TPSA) is 55.4 Å². The van der Waals surface area contributed by atoms with E-state index in [9.17, 15) is 8.42 Å². The van der Waals surface area contributed by atoms with E-state index in [1.165, 1.54) is 12.8 Å². The third-order valence-electron chi connectivity index (χ3n) is 3.19. The van der Waals surface area contributed by atoms with Gasteiger partial charge in [-0.1, -0.05) is 18.2 Å². The fourth-order valence-corrected chi connectivity index (χ4v) is 3.17. The Balaban J connectivity index is 1.73. The summed E-state index contributed by atoms with van der Waals surface area (Å²) in [4.78, 5) is 0.355. The highest BCUT2D eigenvalue weighted by atomic mass is 32.2. The molecule has 0 heterocycles. The van der Waals surface area contributed by atoms with Crippen molar-refractivity contribution in [1.82, 2.24) is 4.72 Å². The third-order valence-corrected chi connectivity index (χ3v) is 4.81. The summed E-state index contributed by atoms with van der Waals surface area (Å²) >= 11 is 0. The summed E-state index contributed by atoms with van der Waals surface area (Å²) in [5.74, 6) is 0.753. The van der Waals surface area contributed by atoms with Gasteiger partial charge in [-0.2, -0.15) is 0 Å². The minimum atomic E-state index is -3.39. The van der Waals surface area contributed by atoms with Gasteiger partial charge in [0.1, 0.15) is 0 Å². The smallest absolute Gasteiger partial charge is 0.240 e. The molecule has 0 unspecified atom stereocenters. The minimum absolute atomic E-state index is 0.355. The number of hydrogen-bond donors (Lipinski definition) is 1. The Kier molecular flexibility index (Phi) is 4.96. The van der Waals surface area contributed by atoms with Gasteiger partial charge in [-0.25, -0.2) is 13.1 Å². The zero-order chi connectivity index (χ0) is 13.7. The van der Waals surface area contributed by atoms with E-state index in [-0.39, 0.29) is 0 Å². The van der Waals surface area contributed by atoms with E-state index in [2.05, 4.69) is 4.72 Å². The average molecular weight is 283 g/mol. The molecule has 1 aliphatic carbocycles. The first-order valence-electron chi connectivity index (χ1n) is 6.72. The van der Waals surface area contributed by atoms with Gasteiger partial charge < -0.3 is 4.74 Å². The van der Waals surface area contributed by atoms with Crippen molar-refractivity contribution < 1.29 is 13.2 Å². The molecule has 1 aromatic carbocycles. The zero-order valence-electron chi connectivity index (χ0n) is 11.3. The highest BCUT2D eigenvalue weighted by Gasteiger charge is 2.21. The summed E-state index contributed by atoms with van der Waals surface area (Å²) in [5, 5.41) is 0. The Bertz CT molecular complexity index is 509. The Morgan fingerprint density at radius 3 is 2.74 bits per heavy atom. The van der Waals surface area contributed by atoms with Crippen LogP contribution in [0.4, 0.5) is 0 Å². The van der Waals surface area contributed by atoms with Crippen LogP contribution in [0.2, 0.25) is 0 Å². The second kappa shape index (κ2) is 6.50. The molecule has 106 valence electrons. The Morgan fingerprint density at radius 1 is 1.32 bits per heavy atom. The quantitative estimate of drug-likeness (QED) is 0.743. The second-order valence-electron chi connectivity index (χ2n) is 5.04. The van der Waals surface area contributed by atoms with Gasteiger partial charge >= 0.3 is 0 Å². The maximum atomic E-state index is 12.1. The Hall–Kier alpha value is -0.910. The van der Waals surface area contributed by atoms with E-state index in [1.807, 2.05) is 6.07 Å². The monoisotopic (exact) mass is 283 g/mol. The Labute approximate surface area is 115 Å². The fourth-order valence-electron chi connectivity index (χ4n) is 1.85. The molecule has 5 heteroatoms. The van der Waals surface area contributed by atoms with Crippen LogP contribution in [-0.4, -0.2) is 28.2 Å². The van der Waals surface area contributed by atoms with Crippen LogP contribution in [0.5, 0.6) is 0 Å². The molecule has 0 radical (unpaired) electrons. The van der Waals surface area contributed by atoms with Crippen LogP contribution in [-0.2, 0) is 14.8 Å². The maximum Gasteiger partial charge on any atom is 0.240 e. The summed E-state index contributed by atoms with van der Waals surface area (Å²) in [6.45, 7) is 3.66. The summed E-state index contributed by atoms with van der Waals surface area (Å²) in [5.41, 5.74) is 0.764. The number of sulfonamides is 1. The van der Waals surface area contributed by atoms with E-state index < -0.39 is 10.0 Å². The summed E-state index contributed by atoms with van der Waals surface area (Å²) in [6.07, 6.45) is 3.26. The molecule has 1 fully saturated rings. The number of aryl methyl sites for hydroxylation is 1. The zero-order valence-corrected chi connectivity index (χ0v) is 12.1. The minimum Gasteiger partial charge on any atom is -0.381 e. The van der Waals surface area contributed by atoms with E-state index in [0.717, 1.165) is 18.1 Å². The van der Waals surface area contributed by atoms with Crippen LogP contribution in [0.25, 0.3) is 0 Å². The van der Waals surface area contributed by atoms with Gasteiger partial charge in [-0.15, -0.1) is 0 Å². The van der Waals surface area contributed by atoms with Crippen LogP contribution in [0.3, 0.4) is 0 Å². The molecular formula is C14H21NO3S. The first kappa shape index (κ1) is 14.5. The number of ether oxygens (including phenoxy) is 1. The van der Waals surface area contributed by atoms with Crippen molar-refractivity contribution in [3.8, 4) is 0 Å². The maximum absolute atomic E-state index is 12.1. The molecule has 0 atom stereocenters. The van der Waals surface area contributed by atoms with E-state index in [4.69, 9.17) is 4.74 Å². The number of nitrogens with one attached hydrogen (secondary N) is 1. The van der Waals surface area contributed by atoms with Crippen molar-refractivity contribution in [3.05, 3.63) is 29.8 Å². The molecule has 19 heavy (non-hydrogen) atoms. The normalized spacial score (nSPS) is 15.6. The van der Waals surface area contributed by atoms with E-state index in [1.54, 1.807) is 25.1 Å². The molecule has 0 aliphatic heterocycles. The van der Waals surface area contributed by atoms with Gasteiger partial charge in [0.05, 0.1) is 4.90 Å². The number of benzene rings is 1. The van der Waals surface area contributed by atoms with Crippen molar-refractivity contribution in [3.63, 3.8) is 0 Å². The predicted octanol–water partition coefficient (Wildman–Crippen LogP) is 2.09. The van der Waals surface area contributed by atoms with E-state index >= 15 is 0 Å². The molecule has 1 aliphatic rings. The largest absolute Gasteiger partial charge is 0.381 e. The molecule has 0 aromatic heterocycles. The van der Waals surface area contributed by atoms with Gasteiger partial charge in [0.2, 0.25) is 10.0 Å². The van der Waals surface area contributed by atoms with Crippen molar-refractivity contribution in [2.24, 2.45) is 5.92 Å². The summed E-state index contributed by atoms with van der Waals surface area (Å²) in [7, 11) is -3.39. The third kappa shape index (κ3) is 4.60. The lowest BCUT2D eigenvalue weighted by molar-refractivity contribution is 0.123. The average Bonchev–Trinajstić information content (AvgIpc) is 3.18. The second-order valence-corrected chi connectivity index (χ2v) is 6.77. The van der Waals surface area contributed by atoms with Crippen LogP contribution in [0, 0.1) is 12.8 Å². The van der Waals surface area contributed by atoms with Gasteiger partial charge in [0, 0.05) is 19.8 Å². The molecule has 1 saturated carbocycles. The molecule has 4 nitrogen and oxygen atoms in total. The molecular weight excluding hydrogens is 262 g/mol. The highest BCUT2D eigenvalue weighted by Crippen LogP contribution is 2.28. The summed E-state index contributed by atoms with van der Waals surface area (Å²) < 4.78 is 32.2. The number of rotatable bonds is 8. The highest BCUT2D eigenvalue weighted by molar-refractivity contribution is 7.89. The molecule has 1 aromatic rings. The molecule has 0 spiro atoms. The molecule has 0 bridgehead atoms. The molecule has 0 saturated heterocycles. The first-order valence-corrected chi connectivity index (χ1v) is 8.21. The summed E-state index contributed by atoms with van der Waals surface area (Å²) in [6, 6.07) is 6.99. The molecule has 1 N–H and O–H groups in total. The number of hydrogen-bond acceptors (Lipinski definition) is 3. The molecule has 0 amide bonds. The lowest BCUT2D eigenvalue weighted by Gasteiger charge is -2.09. The van der Waals surface area contributed by atoms with Crippen molar-refractivity contribution in [1.29, 1.82) is 0 Å². The SMILES string of the molecule is Cc1ccccc1S(=O)(=O)NCCCOCC1CC1. The lowest BCUT2D eigenvalue weighted by atomic mass is 10.2. The van der Waals surface area contributed by atoms with E-state index in [0.29, 0.717) is 24.5 Å². The van der Waals surface area contributed by atoms with Crippen molar-refractivity contribution >= 4 is 10.0 Å². The van der Waals surface area contributed by atoms with Crippen LogP contribution < -0.4 is 4.72 Å². The van der Waals surface area contributed by atoms with Gasteiger partial charge in [-0.05, 0) is 43.7 Å². The van der Waals surface area contributed by atoms with Crippen LogP contribution in [0.1, 0.15) is 24.8 Å². The Morgan fingerprint density at radius 2 is 2.05 bits per heavy atom. The first-order chi connectivity index (χ1) is 9.09. The van der Waals surface area contributed by atoms with Crippen molar-refractivity contribution in [2.45, 2.75) is 31.1 Å². The fraction of sp³-hybridized carbons (Fsp3) is 0.571. The van der Waals surface area contributed by atoms with Gasteiger partial charge in [0.15, 0.2) is 0 Å². The molecule has 2 rings (SSSR count). The van der Waals surface area contributed by atoms with Crippen LogP contribution in [0.15, 0.2) is 29.2 Å². The predicted molar refractivity (Wildman–Crippen MR) is 74.5 cm³/mol.